The number of rotatable bonds is 4. The van der Waals surface area contributed by atoms with Gasteiger partial charge in [-0.1, -0.05) is 6.07 Å². The molecule has 0 unspecified atom stereocenters. The molecule has 0 radical (unpaired) electrons. The van der Waals surface area contributed by atoms with E-state index >= 15 is 0 Å². The van der Waals surface area contributed by atoms with Gasteiger partial charge in [0.25, 0.3) is 0 Å². The molecular weight excluding hydrogens is 200 g/mol. The number of aryl methyl sites for hydroxylation is 1. The van der Waals surface area contributed by atoms with E-state index in [9.17, 15) is 0 Å². The van der Waals surface area contributed by atoms with E-state index in [-0.39, 0.29) is 0 Å². The van der Waals surface area contributed by atoms with Gasteiger partial charge in [0.1, 0.15) is 0 Å². The lowest BCUT2D eigenvalue weighted by Gasteiger charge is -2.11. The molecule has 1 aromatic rings. The summed E-state index contributed by atoms with van der Waals surface area (Å²) in [6.45, 7) is 0. The number of nitriles is 2. The first-order valence-corrected chi connectivity index (χ1v) is 5.10. The highest BCUT2D eigenvalue weighted by Gasteiger charge is 2.08. The van der Waals surface area contributed by atoms with Crippen molar-refractivity contribution in [2.24, 2.45) is 0 Å². The Bertz CT molecular complexity index is 451. The minimum Gasteiger partial charge on any atom is -0.398 e. The average Bonchev–Trinajstić information content (AvgIpc) is 2.28. The van der Waals surface area contributed by atoms with Crippen molar-refractivity contribution in [3.05, 3.63) is 23.3 Å². The van der Waals surface area contributed by atoms with E-state index < -0.39 is 0 Å². The van der Waals surface area contributed by atoms with E-state index in [0.717, 1.165) is 11.1 Å². The number of benzene rings is 1. The fourth-order valence-electron chi connectivity index (χ4n) is 1.60. The van der Waals surface area contributed by atoms with Crippen LogP contribution in [0.2, 0.25) is 0 Å². The van der Waals surface area contributed by atoms with Gasteiger partial charge < -0.3 is 11.5 Å². The summed E-state index contributed by atoms with van der Waals surface area (Å²) in [6, 6.07) is 7.78. The van der Waals surface area contributed by atoms with Crippen LogP contribution in [0.25, 0.3) is 0 Å². The van der Waals surface area contributed by atoms with Gasteiger partial charge in [-0.05, 0) is 30.0 Å². The monoisotopic (exact) mass is 214 g/mol. The van der Waals surface area contributed by atoms with Gasteiger partial charge in [0, 0.05) is 24.2 Å². The predicted octanol–water partition coefficient (Wildman–Crippen LogP) is 1.76. The molecule has 4 N–H and O–H groups in total. The molecule has 0 aromatic heterocycles. The van der Waals surface area contributed by atoms with Crippen LogP contribution in [-0.2, 0) is 12.8 Å². The standard InChI is InChI=1S/C12H14N4/c13-7-1-3-9-5-6-11(15)10(12(9)16)4-2-8-14/h5-6H,1-4,15-16H2. The third-order valence-electron chi connectivity index (χ3n) is 2.48. The molecule has 0 amide bonds. The zero-order chi connectivity index (χ0) is 12.0. The van der Waals surface area contributed by atoms with Crippen molar-refractivity contribution >= 4 is 11.4 Å². The molecule has 0 spiro atoms. The van der Waals surface area contributed by atoms with Crippen LogP contribution in [0.4, 0.5) is 11.4 Å². The summed E-state index contributed by atoms with van der Waals surface area (Å²) >= 11 is 0. The van der Waals surface area contributed by atoms with Crippen molar-refractivity contribution in [1.82, 2.24) is 0 Å². The molecule has 0 aliphatic rings. The van der Waals surface area contributed by atoms with Crippen LogP contribution in [0, 0.1) is 22.7 Å². The number of hydrogen-bond acceptors (Lipinski definition) is 4. The SMILES string of the molecule is N#CCCc1ccc(N)c(CCC#N)c1N. The minimum atomic E-state index is 0.399. The first-order chi connectivity index (χ1) is 7.70. The second-order valence-corrected chi connectivity index (χ2v) is 3.52. The fourth-order valence-corrected chi connectivity index (χ4v) is 1.60. The second kappa shape index (κ2) is 5.63. The average molecular weight is 214 g/mol. The summed E-state index contributed by atoms with van der Waals surface area (Å²) in [5, 5.41) is 17.1. The zero-order valence-corrected chi connectivity index (χ0v) is 9.03. The lowest BCUT2D eigenvalue weighted by molar-refractivity contribution is 0.984. The maximum Gasteiger partial charge on any atom is 0.0625 e. The molecule has 0 aliphatic heterocycles. The van der Waals surface area contributed by atoms with Crippen molar-refractivity contribution < 1.29 is 0 Å². The third kappa shape index (κ3) is 2.65. The lowest BCUT2D eigenvalue weighted by Crippen LogP contribution is -2.04. The number of nitrogen functional groups attached to an aromatic ring is 2. The number of anilines is 2. The molecule has 16 heavy (non-hydrogen) atoms. The Morgan fingerprint density at radius 1 is 1.00 bits per heavy atom. The van der Waals surface area contributed by atoms with Crippen LogP contribution in [0.3, 0.4) is 0 Å². The molecule has 0 aliphatic carbocycles. The molecule has 1 aromatic carbocycles. The Kier molecular flexibility index (Phi) is 4.17. The van der Waals surface area contributed by atoms with Crippen LogP contribution in [0.5, 0.6) is 0 Å². The Labute approximate surface area is 95.1 Å². The first kappa shape index (κ1) is 11.9. The first-order valence-electron chi connectivity index (χ1n) is 5.10. The summed E-state index contributed by atoms with van der Waals surface area (Å²) in [4.78, 5) is 0. The summed E-state index contributed by atoms with van der Waals surface area (Å²) in [7, 11) is 0. The molecule has 0 saturated heterocycles. The van der Waals surface area contributed by atoms with Gasteiger partial charge in [-0.3, -0.25) is 0 Å². The van der Waals surface area contributed by atoms with Crippen LogP contribution >= 0.6 is 0 Å². The topological polar surface area (TPSA) is 99.6 Å². The third-order valence-corrected chi connectivity index (χ3v) is 2.48. The van der Waals surface area contributed by atoms with Gasteiger partial charge in [-0.15, -0.1) is 0 Å². The van der Waals surface area contributed by atoms with Crippen molar-refractivity contribution in [3.63, 3.8) is 0 Å². The van der Waals surface area contributed by atoms with E-state index in [1.165, 1.54) is 0 Å². The fraction of sp³-hybridized carbons (Fsp3) is 0.333. The summed E-state index contributed by atoms with van der Waals surface area (Å²) < 4.78 is 0. The van der Waals surface area contributed by atoms with Gasteiger partial charge >= 0.3 is 0 Å². The highest BCUT2D eigenvalue weighted by Crippen LogP contribution is 2.26. The van der Waals surface area contributed by atoms with Crippen molar-refractivity contribution in [2.75, 3.05) is 11.5 Å². The molecule has 0 heterocycles. The molecule has 4 nitrogen and oxygen atoms in total. The maximum absolute atomic E-state index is 8.55. The lowest BCUT2D eigenvalue weighted by atomic mass is 9.99. The van der Waals surface area contributed by atoms with E-state index in [0.29, 0.717) is 37.1 Å². The number of nitrogens with zero attached hydrogens (tertiary/aromatic N) is 2. The maximum atomic E-state index is 8.55. The summed E-state index contributed by atoms with van der Waals surface area (Å²) in [5.74, 6) is 0. The van der Waals surface area contributed by atoms with Gasteiger partial charge in [-0.25, -0.2) is 0 Å². The smallest absolute Gasteiger partial charge is 0.0625 e. The molecule has 0 atom stereocenters. The van der Waals surface area contributed by atoms with Gasteiger partial charge in [0.15, 0.2) is 0 Å². The largest absolute Gasteiger partial charge is 0.398 e. The van der Waals surface area contributed by atoms with Gasteiger partial charge in [0.05, 0.1) is 12.1 Å². The zero-order valence-electron chi connectivity index (χ0n) is 9.03. The van der Waals surface area contributed by atoms with Crippen LogP contribution in [-0.4, -0.2) is 0 Å². The van der Waals surface area contributed by atoms with Gasteiger partial charge in [0.2, 0.25) is 0 Å². The summed E-state index contributed by atoms with van der Waals surface area (Å²) in [5.41, 5.74) is 14.8. The predicted molar refractivity (Wildman–Crippen MR) is 63.1 cm³/mol. The summed E-state index contributed by atoms with van der Waals surface area (Å²) in [6.07, 6.45) is 2.03. The van der Waals surface area contributed by atoms with Gasteiger partial charge in [-0.2, -0.15) is 10.5 Å². The molecule has 0 saturated carbocycles. The number of nitrogens with two attached hydrogens (primary N) is 2. The highest BCUT2D eigenvalue weighted by atomic mass is 14.6. The van der Waals surface area contributed by atoms with Crippen LogP contribution in [0.15, 0.2) is 12.1 Å². The van der Waals surface area contributed by atoms with Crippen LogP contribution < -0.4 is 11.5 Å². The molecule has 82 valence electrons. The van der Waals surface area contributed by atoms with Crippen molar-refractivity contribution in [3.8, 4) is 12.1 Å². The van der Waals surface area contributed by atoms with E-state index in [2.05, 4.69) is 12.1 Å². The van der Waals surface area contributed by atoms with E-state index in [1.54, 1.807) is 6.07 Å². The Hall–Kier alpha value is -2.20. The Balaban J connectivity index is 2.98. The molecular formula is C12H14N4. The minimum absolute atomic E-state index is 0.399. The van der Waals surface area contributed by atoms with Crippen molar-refractivity contribution in [1.29, 1.82) is 10.5 Å². The Morgan fingerprint density at radius 3 is 2.25 bits per heavy atom. The highest BCUT2D eigenvalue weighted by molar-refractivity contribution is 5.65. The quantitative estimate of drug-likeness (QED) is 0.746. The van der Waals surface area contributed by atoms with E-state index in [1.807, 2.05) is 6.07 Å². The molecule has 0 fully saturated rings. The molecule has 4 heteroatoms. The normalized spacial score (nSPS) is 9.38. The Morgan fingerprint density at radius 2 is 1.62 bits per heavy atom. The van der Waals surface area contributed by atoms with E-state index in [4.69, 9.17) is 22.0 Å². The second-order valence-electron chi connectivity index (χ2n) is 3.52. The molecule has 0 bridgehead atoms. The van der Waals surface area contributed by atoms with Crippen LogP contribution in [0.1, 0.15) is 24.0 Å². The van der Waals surface area contributed by atoms with Crippen molar-refractivity contribution in [2.45, 2.75) is 25.7 Å². The molecule has 1 rings (SSSR count). The number of hydrogen-bond donors (Lipinski definition) is 2.